The van der Waals surface area contributed by atoms with Gasteiger partial charge in [0, 0.05) is 18.3 Å². The first-order valence-corrected chi connectivity index (χ1v) is 5.72. The topological polar surface area (TPSA) is 17.8 Å². The number of aromatic nitrogens is 2. The van der Waals surface area contributed by atoms with Gasteiger partial charge in [0.1, 0.15) is 0 Å². The lowest BCUT2D eigenvalue weighted by Gasteiger charge is -2.03. The monoisotopic (exact) mass is 222 g/mol. The molecule has 1 aromatic carbocycles. The minimum atomic E-state index is 0.477. The van der Waals surface area contributed by atoms with E-state index in [4.69, 9.17) is 11.6 Å². The molecule has 2 nitrogen and oxygen atoms in total. The molecule has 0 aliphatic heterocycles. The summed E-state index contributed by atoms with van der Waals surface area (Å²) in [4.78, 5) is 0. The lowest BCUT2D eigenvalue weighted by atomic mass is 10.1. The third kappa shape index (κ3) is 2.00. The summed E-state index contributed by atoms with van der Waals surface area (Å²) in [6.07, 6.45) is 0.949. The number of halogens is 1. The van der Waals surface area contributed by atoms with Gasteiger partial charge in [0.05, 0.1) is 11.2 Å². The first-order valence-electron chi connectivity index (χ1n) is 5.19. The van der Waals surface area contributed by atoms with E-state index in [1.54, 1.807) is 0 Å². The van der Waals surface area contributed by atoms with Crippen molar-refractivity contribution in [3.05, 3.63) is 30.0 Å². The second kappa shape index (κ2) is 4.23. The Hall–Kier alpha value is -1.02. The van der Waals surface area contributed by atoms with Crippen LogP contribution in [0.2, 0.25) is 0 Å². The summed E-state index contributed by atoms with van der Waals surface area (Å²) < 4.78 is 1.94. The van der Waals surface area contributed by atoms with E-state index < -0.39 is 0 Å². The maximum Gasteiger partial charge on any atom is 0.0706 e. The summed E-state index contributed by atoms with van der Waals surface area (Å²) in [5.41, 5.74) is 2.34. The molecule has 80 valence electrons. The van der Waals surface area contributed by atoms with Gasteiger partial charge in [-0.15, -0.1) is 11.6 Å². The number of fused-ring (bicyclic) bond motifs is 1. The van der Waals surface area contributed by atoms with Crippen molar-refractivity contribution >= 4 is 22.5 Å². The second-order valence-electron chi connectivity index (χ2n) is 4.05. The fourth-order valence-corrected chi connectivity index (χ4v) is 1.93. The Kier molecular flexibility index (Phi) is 2.96. The van der Waals surface area contributed by atoms with Gasteiger partial charge in [-0.2, -0.15) is 5.10 Å². The molecule has 2 rings (SSSR count). The highest BCUT2D eigenvalue weighted by atomic mass is 35.5. The lowest BCUT2D eigenvalue weighted by Crippen LogP contribution is -2.02. The van der Waals surface area contributed by atoms with Gasteiger partial charge in [0.2, 0.25) is 0 Å². The van der Waals surface area contributed by atoms with Gasteiger partial charge in [-0.05, 0) is 18.4 Å². The Morgan fingerprint density at radius 1 is 1.40 bits per heavy atom. The number of nitrogens with zero attached hydrogens (tertiary/aromatic N) is 2. The molecule has 1 aromatic heterocycles. The van der Waals surface area contributed by atoms with Gasteiger partial charge in [0.15, 0.2) is 0 Å². The molecule has 0 N–H and O–H groups in total. The Balaban J connectivity index is 2.43. The van der Waals surface area contributed by atoms with Gasteiger partial charge in [-0.25, -0.2) is 0 Å². The van der Waals surface area contributed by atoms with Crippen LogP contribution in [-0.2, 0) is 13.5 Å². The van der Waals surface area contributed by atoms with Crippen LogP contribution in [0.15, 0.2) is 24.3 Å². The average Bonchev–Trinajstić information content (AvgIpc) is 2.57. The molecule has 15 heavy (non-hydrogen) atoms. The van der Waals surface area contributed by atoms with Gasteiger partial charge in [0.25, 0.3) is 0 Å². The zero-order valence-electron chi connectivity index (χ0n) is 9.07. The molecule has 0 saturated heterocycles. The van der Waals surface area contributed by atoms with Crippen LogP contribution in [0, 0.1) is 5.92 Å². The highest BCUT2D eigenvalue weighted by molar-refractivity contribution is 6.18. The third-order valence-corrected chi connectivity index (χ3v) is 3.17. The van der Waals surface area contributed by atoms with Crippen molar-refractivity contribution in [1.82, 2.24) is 9.78 Å². The molecule has 1 heterocycles. The number of hydrogen-bond acceptors (Lipinski definition) is 1. The van der Waals surface area contributed by atoms with Crippen LogP contribution in [0.1, 0.15) is 12.6 Å². The van der Waals surface area contributed by atoms with Crippen LogP contribution in [0.25, 0.3) is 10.9 Å². The van der Waals surface area contributed by atoms with E-state index in [2.05, 4.69) is 30.2 Å². The molecular formula is C12H15ClN2. The molecule has 1 atom stereocenters. The highest BCUT2D eigenvalue weighted by Crippen LogP contribution is 2.20. The summed E-state index contributed by atoms with van der Waals surface area (Å²) in [5.74, 6) is 1.16. The molecule has 0 radical (unpaired) electrons. The van der Waals surface area contributed by atoms with Crippen molar-refractivity contribution < 1.29 is 0 Å². The molecule has 3 heteroatoms. The van der Waals surface area contributed by atoms with Crippen molar-refractivity contribution in [1.29, 1.82) is 0 Å². The summed E-state index contributed by atoms with van der Waals surface area (Å²) in [6, 6.07) is 8.31. The van der Waals surface area contributed by atoms with E-state index >= 15 is 0 Å². The van der Waals surface area contributed by atoms with Crippen LogP contribution in [0.3, 0.4) is 0 Å². The maximum absolute atomic E-state index is 5.83. The normalized spacial score (nSPS) is 13.3. The van der Waals surface area contributed by atoms with Crippen molar-refractivity contribution in [3.63, 3.8) is 0 Å². The predicted molar refractivity (Wildman–Crippen MR) is 64.3 cm³/mol. The van der Waals surface area contributed by atoms with Crippen molar-refractivity contribution in [2.75, 3.05) is 5.88 Å². The van der Waals surface area contributed by atoms with Crippen LogP contribution in [0.4, 0.5) is 0 Å². The fourth-order valence-electron chi connectivity index (χ4n) is 1.82. The molecule has 0 aliphatic carbocycles. The van der Waals surface area contributed by atoms with Crippen molar-refractivity contribution in [2.24, 2.45) is 13.0 Å². The van der Waals surface area contributed by atoms with E-state index in [-0.39, 0.29) is 0 Å². The Morgan fingerprint density at radius 2 is 2.13 bits per heavy atom. The lowest BCUT2D eigenvalue weighted by molar-refractivity contribution is 0.630. The summed E-state index contributed by atoms with van der Waals surface area (Å²) in [7, 11) is 1.98. The van der Waals surface area contributed by atoms with E-state index in [1.165, 1.54) is 10.9 Å². The maximum atomic E-state index is 5.83. The minimum absolute atomic E-state index is 0.477. The first kappa shape index (κ1) is 10.5. The smallest absolute Gasteiger partial charge is 0.0706 e. The number of rotatable bonds is 3. The quantitative estimate of drug-likeness (QED) is 0.731. The predicted octanol–water partition coefficient (Wildman–Crippen LogP) is 2.99. The SMILES string of the molecule is CC(CCl)Cc1nn(C)c2ccccc12. The van der Waals surface area contributed by atoms with E-state index in [0.29, 0.717) is 11.8 Å². The van der Waals surface area contributed by atoms with E-state index in [1.807, 2.05) is 17.8 Å². The number of hydrogen-bond donors (Lipinski definition) is 0. The van der Waals surface area contributed by atoms with Gasteiger partial charge in [-0.1, -0.05) is 25.1 Å². The third-order valence-electron chi connectivity index (χ3n) is 2.64. The molecular weight excluding hydrogens is 208 g/mol. The molecule has 1 unspecified atom stereocenters. The Labute approximate surface area is 94.8 Å². The minimum Gasteiger partial charge on any atom is -0.268 e. The molecule has 0 spiro atoms. The summed E-state index contributed by atoms with van der Waals surface area (Å²) in [6.45, 7) is 2.15. The molecule has 0 amide bonds. The van der Waals surface area contributed by atoms with Crippen molar-refractivity contribution in [2.45, 2.75) is 13.3 Å². The first-order chi connectivity index (χ1) is 7.22. The molecule has 0 aliphatic rings. The largest absolute Gasteiger partial charge is 0.268 e. The fraction of sp³-hybridized carbons (Fsp3) is 0.417. The van der Waals surface area contributed by atoms with Crippen LogP contribution >= 0.6 is 11.6 Å². The van der Waals surface area contributed by atoms with E-state index in [9.17, 15) is 0 Å². The van der Waals surface area contributed by atoms with Gasteiger partial charge < -0.3 is 0 Å². The molecule has 0 bridgehead atoms. The average molecular weight is 223 g/mol. The number of para-hydroxylation sites is 1. The highest BCUT2D eigenvalue weighted by Gasteiger charge is 2.10. The zero-order valence-corrected chi connectivity index (χ0v) is 9.83. The van der Waals surface area contributed by atoms with Crippen molar-refractivity contribution in [3.8, 4) is 0 Å². The van der Waals surface area contributed by atoms with Crippen LogP contribution in [-0.4, -0.2) is 15.7 Å². The van der Waals surface area contributed by atoms with Crippen LogP contribution < -0.4 is 0 Å². The van der Waals surface area contributed by atoms with Gasteiger partial charge in [-0.3, -0.25) is 4.68 Å². The summed E-state index contributed by atoms with van der Waals surface area (Å²) in [5, 5.41) is 5.78. The molecule has 0 fully saturated rings. The van der Waals surface area contributed by atoms with Gasteiger partial charge >= 0.3 is 0 Å². The number of alkyl halides is 1. The summed E-state index contributed by atoms with van der Waals surface area (Å²) >= 11 is 5.83. The molecule has 2 aromatic rings. The zero-order chi connectivity index (χ0) is 10.8. The standard InChI is InChI=1S/C12H15ClN2/c1-9(8-13)7-11-10-5-3-4-6-12(10)15(2)14-11/h3-6,9H,7-8H2,1-2H3. The van der Waals surface area contributed by atoms with E-state index in [0.717, 1.165) is 12.1 Å². The van der Waals surface area contributed by atoms with Crippen LogP contribution in [0.5, 0.6) is 0 Å². The molecule has 0 saturated carbocycles. The number of benzene rings is 1. The second-order valence-corrected chi connectivity index (χ2v) is 4.36. The number of aryl methyl sites for hydroxylation is 1. The Bertz CT molecular complexity index is 462. The Morgan fingerprint density at radius 3 is 2.87 bits per heavy atom.